The Hall–Kier alpha value is -2.65. The molecule has 0 saturated carbocycles. The van der Waals surface area contributed by atoms with Gasteiger partial charge in [-0.25, -0.2) is 9.67 Å². The number of amides is 1. The molecule has 1 heterocycles. The molecule has 19 heavy (non-hydrogen) atoms. The van der Waals surface area contributed by atoms with Crippen LogP contribution in [0.15, 0.2) is 36.9 Å². The fraction of sp³-hybridized carbons (Fsp3) is 0.154. The van der Waals surface area contributed by atoms with Crippen LogP contribution in [0.2, 0.25) is 0 Å². The van der Waals surface area contributed by atoms with Crippen LogP contribution in [0.4, 0.5) is 5.69 Å². The number of nitrogens with zero attached hydrogens (tertiary/aromatic N) is 3. The zero-order valence-electron chi connectivity index (χ0n) is 10.2. The lowest BCUT2D eigenvalue weighted by atomic mass is 10.2. The molecule has 0 fully saturated rings. The molecule has 6 heteroatoms. The lowest BCUT2D eigenvalue weighted by Gasteiger charge is -2.10. The van der Waals surface area contributed by atoms with Gasteiger partial charge in [0.1, 0.15) is 12.7 Å². The third kappa shape index (κ3) is 3.18. The van der Waals surface area contributed by atoms with Gasteiger partial charge in [0.25, 0.3) is 0 Å². The zero-order chi connectivity index (χ0) is 13.7. The molecule has 1 aromatic carbocycles. The van der Waals surface area contributed by atoms with Gasteiger partial charge in [0.05, 0.1) is 11.7 Å². The van der Waals surface area contributed by atoms with Crippen LogP contribution in [0, 0.1) is 12.3 Å². The van der Waals surface area contributed by atoms with E-state index in [2.05, 4.69) is 21.3 Å². The van der Waals surface area contributed by atoms with Crippen molar-refractivity contribution >= 4 is 11.6 Å². The van der Waals surface area contributed by atoms with Crippen LogP contribution in [0.5, 0.6) is 0 Å². The molecule has 1 atom stereocenters. The number of carbonyl (C=O) groups is 1. The summed E-state index contributed by atoms with van der Waals surface area (Å²) in [5.74, 6) is 2.06. The number of terminal acetylenes is 1. The molecule has 6 nitrogen and oxygen atoms in total. The maximum Gasteiger partial charge on any atom is 0.242 e. The summed E-state index contributed by atoms with van der Waals surface area (Å²) < 4.78 is 1.62. The number of nitrogens with one attached hydrogen (secondary N) is 1. The molecule has 0 aliphatic carbocycles. The van der Waals surface area contributed by atoms with E-state index in [1.54, 1.807) is 23.1 Å². The Kier molecular flexibility index (Phi) is 3.90. The van der Waals surface area contributed by atoms with Crippen LogP contribution >= 0.6 is 0 Å². The van der Waals surface area contributed by atoms with Crippen LogP contribution in [-0.2, 0) is 4.79 Å². The lowest BCUT2D eigenvalue weighted by molar-refractivity contribution is -0.117. The number of nitrogens with two attached hydrogens (primary N) is 1. The Morgan fingerprint density at radius 2 is 2.21 bits per heavy atom. The molecule has 0 aliphatic heterocycles. The topological polar surface area (TPSA) is 85.8 Å². The predicted molar refractivity (Wildman–Crippen MR) is 71.4 cm³/mol. The van der Waals surface area contributed by atoms with E-state index < -0.39 is 6.04 Å². The smallest absolute Gasteiger partial charge is 0.242 e. The van der Waals surface area contributed by atoms with Gasteiger partial charge in [0.15, 0.2) is 0 Å². The lowest BCUT2D eigenvalue weighted by Crippen LogP contribution is -2.35. The number of carbonyl (C=O) groups excluding carboxylic acids is 1. The van der Waals surface area contributed by atoms with Gasteiger partial charge in [0.2, 0.25) is 5.91 Å². The fourth-order valence-electron chi connectivity index (χ4n) is 1.49. The van der Waals surface area contributed by atoms with E-state index in [1.807, 2.05) is 12.1 Å². The van der Waals surface area contributed by atoms with Crippen LogP contribution in [0.3, 0.4) is 0 Å². The van der Waals surface area contributed by atoms with E-state index in [0.29, 0.717) is 5.69 Å². The van der Waals surface area contributed by atoms with Gasteiger partial charge in [-0.2, -0.15) is 5.10 Å². The van der Waals surface area contributed by atoms with Crippen LogP contribution in [0.1, 0.15) is 6.42 Å². The minimum absolute atomic E-state index is 0.211. The van der Waals surface area contributed by atoms with Gasteiger partial charge in [-0.05, 0) is 24.3 Å². The first-order valence-corrected chi connectivity index (χ1v) is 5.65. The first-order chi connectivity index (χ1) is 9.20. The largest absolute Gasteiger partial charge is 0.325 e. The summed E-state index contributed by atoms with van der Waals surface area (Å²) in [6.45, 7) is 0. The molecule has 2 rings (SSSR count). The molecule has 2 aromatic rings. The van der Waals surface area contributed by atoms with Crippen molar-refractivity contribution < 1.29 is 4.79 Å². The highest BCUT2D eigenvalue weighted by Crippen LogP contribution is 2.12. The number of hydrogen-bond donors (Lipinski definition) is 2. The van der Waals surface area contributed by atoms with Crippen molar-refractivity contribution in [2.24, 2.45) is 5.73 Å². The van der Waals surface area contributed by atoms with Gasteiger partial charge >= 0.3 is 0 Å². The number of benzene rings is 1. The van der Waals surface area contributed by atoms with Crippen molar-refractivity contribution in [3.63, 3.8) is 0 Å². The number of rotatable bonds is 4. The summed E-state index contributed by atoms with van der Waals surface area (Å²) in [5, 5.41) is 6.70. The molecule has 1 amide bonds. The highest BCUT2D eigenvalue weighted by Gasteiger charge is 2.11. The van der Waals surface area contributed by atoms with Crippen molar-refractivity contribution in [1.29, 1.82) is 0 Å². The Morgan fingerprint density at radius 1 is 1.47 bits per heavy atom. The summed E-state index contributed by atoms with van der Waals surface area (Å²) >= 11 is 0. The first-order valence-electron chi connectivity index (χ1n) is 5.65. The van der Waals surface area contributed by atoms with Crippen molar-refractivity contribution in [3.8, 4) is 18.0 Å². The summed E-state index contributed by atoms with van der Waals surface area (Å²) in [4.78, 5) is 15.5. The third-order valence-corrected chi connectivity index (χ3v) is 2.49. The predicted octanol–water partition coefficient (Wildman–Crippen LogP) is 0.556. The second-order valence-corrected chi connectivity index (χ2v) is 3.89. The molecule has 0 saturated heterocycles. The maximum absolute atomic E-state index is 11.7. The Morgan fingerprint density at radius 3 is 2.79 bits per heavy atom. The number of aromatic nitrogens is 3. The summed E-state index contributed by atoms with van der Waals surface area (Å²) in [6, 6.07) is 6.46. The minimum atomic E-state index is -0.694. The molecule has 3 N–H and O–H groups in total. The second kappa shape index (κ2) is 5.80. The van der Waals surface area contributed by atoms with Crippen LogP contribution < -0.4 is 11.1 Å². The molecule has 1 aromatic heterocycles. The van der Waals surface area contributed by atoms with Crippen molar-refractivity contribution in [2.45, 2.75) is 12.5 Å². The summed E-state index contributed by atoms with van der Waals surface area (Å²) in [7, 11) is 0. The SMILES string of the molecule is C#CCC(N)C(=O)Nc1ccc(-n2cncn2)cc1. The Bertz CT molecular complexity index is 582. The standard InChI is InChI=1S/C13H13N5O/c1-2-3-12(14)13(19)17-10-4-6-11(7-5-10)18-9-15-8-16-18/h1,4-9,12H,3,14H2,(H,17,19). The second-order valence-electron chi connectivity index (χ2n) is 3.89. The van der Waals surface area contributed by atoms with Gasteiger partial charge in [-0.3, -0.25) is 4.79 Å². The van der Waals surface area contributed by atoms with Gasteiger partial charge in [-0.1, -0.05) is 0 Å². The van der Waals surface area contributed by atoms with Crippen LogP contribution in [0.25, 0.3) is 5.69 Å². The number of anilines is 1. The van der Waals surface area contributed by atoms with E-state index in [1.165, 1.54) is 6.33 Å². The Labute approximate surface area is 110 Å². The third-order valence-electron chi connectivity index (χ3n) is 2.49. The molecule has 1 unspecified atom stereocenters. The number of hydrogen-bond acceptors (Lipinski definition) is 4. The van der Waals surface area contributed by atoms with E-state index >= 15 is 0 Å². The molecule has 0 aliphatic rings. The maximum atomic E-state index is 11.7. The quantitative estimate of drug-likeness (QED) is 0.781. The van der Waals surface area contributed by atoms with Crippen molar-refractivity contribution in [1.82, 2.24) is 14.8 Å². The van der Waals surface area contributed by atoms with E-state index in [0.717, 1.165) is 5.69 Å². The zero-order valence-corrected chi connectivity index (χ0v) is 10.2. The van der Waals surface area contributed by atoms with Gasteiger partial charge < -0.3 is 11.1 Å². The molecular weight excluding hydrogens is 242 g/mol. The van der Waals surface area contributed by atoms with Crippen molar-refractivity contribution in [2.75, 3.05) is 5.32 Å². The minimum Gasteiger partial charge on any atom is -0.325 e. The van der Waals surface area contributed by atoms with Gasteiger partial charge in [0, 0.05) is 12.1 Å². The average Bonchev–Trinajstić information content (AvgIpc) is 2.94. The van der Waals surface area contributed by atoms with E-state index in [9.17, 15) is 4.79 Å². The average molecular weight is 255 g/mol. The van der Waals surface area contributed by atoms with Crippen molar-refractivity contribution in [3.05, 3.63) is 36.9 Å². The highest BCUT2D eigenvalue weighted by atomic mass is 16.2. The molecular formula is C13H13N5O. The van der Waals surface area contributed by atoms with E-state index in [-0.39, 0.29) is 12.3 Å². The monoisotopic (exact) mass is 255 g/mol. The normalized spacial score (nSPS) is 11.6. The summed E-state index contributed by atoms with van der Waals surface area (Å²) in [6.07, 6.45) is 8.37. The molecule has 0 bridgehead atoms. The van der Waals surface area contributed by atoms with Crippen LogP contribution in [-0.4, -0.2) is 26.7 Å². The van der Waals surface area contributed by atoms with E-state index in [4.69, 9.17) is 12.2 Å². The Balaban J connectivity index is 2.03. The van der Waals surface area contributed by atoms with Gasteiger partial charge in [-0.15, -0.1) is 12.3 Å². The summed E-state index contributed by atoms with van der Waals surface area (Å²) in [5.41, 5.74) is 7.11. The molecule has 96 valence electrons. The molecule has 0 spiro atoms. The first kappa shape index (κ1) is 12.8. The highest BCUT2D eigenvalue weighted by molar-refractivity contribution is 5.94. The molecule has 0 radical (unpaired) electrons. The fourth-order valence-corrected chi connectivity index (χ4v) is 1.49.